The Balaban J connectivity index is 1.70. The van der Waals surface area contributed by atoms with Crippen LogP contribution in [0.5, 0.6) is 0 Å². The summed E-state index contributed by atoms with van der Waals surface area (Å²) < 4.78 is 2.79. The second kappa shape index (κ2) is 7.10. The lowest BCUT2D eigenvalue weighted by Gasteiger charge is -2.21. The molecule has 1 aliphatic heterocycles. The highest BCUT2D eigenvalue weighted by Crippen LogP contribution is 2.32. The molecule has 1 aromatic carbocycles. The zero-order valence-electron chi connectivity index (χ0n) is 13.9. The Morgan fingerprint density at radius 3 is 2.88 bits per heavy atom. The lowest BCUT2D eigenvalue weighted by Crippen LogP contribution is -2.26. The summed E-state index contributed by atoms with van der Waals surface area (Å²) in [6, 6.07) is 11.8. The molecule has 3 heterocycles. The summed E-state index contributed by atoms with van der Waals surface area (Å²) >= 11 is 3.47. The molecule has 4 rings (SSSR count). The van der Waals surface area contributed by atoms with E-state index >= 15 is 0 Å². The molecule has 0 spiro atoms. The van der Waals surface area contributed by atoms with Crippen molar-refractivity contribution >= 4 is 32.9 Å². The van der Waals surface area contributed by atoms with Gasteiger partial charge in [-0.1, -0.05) is 28.1 Å². The van der Waals surface area contributed by atoms with E-state index in [0.29, 0.717) is 12.3 Å². The van der Waals surface area contributed by atoms with Crippen molar-refractivity contribution in [2.24, 2.45) is 0 Å². The highest BCUT2D eigenvalue weighted by Gasteiger charge is 2.22. The Bertz CT molecular complexity index is 912. The van der Waals surface area contributed by atoms with Crippen molar-refractivity contribution < 1.29 is 4.79 Å². The number of carbonyl (C=O) groups excluding carboxylic acids is 1. The van der Waals surface area contributed by atoms with Crippen LogP contribution < -0.4 is 5.32 Å². The fraction of sp³-hybridized carbons (Fsp3) is 0.300. The molecule has 1 fully saturated rings. The van der Waals surface area contributed by atoms with E-state index < -0.39 is 0 Å². The molecule has 1 aliphatic rings. The number of piperidine rings is 1. The number of benzene rings is 1. The van der Waals surface area contributed by atoms with E-state index in [0.717, 1.165) is 47.0 Å². The Kier molecular flexibility index (Phi) is 4.68. The van der Waals surface area contributed by atoms with Crippen LogP contribution in [0.3, 0.4) is 0 Å². The van der Waals surface area contributed by atoms with Crippen LogP contribution in [0.15, 0.2) is 53.3 Å². The number of nitrogens with one attached hydrogen (secondary N) is 1. The van der Waals surface area contributed by atoms with E-state index in [2.05, 4.69) is 26.2 Å². The lowest BCUT2D eigenvalue weighted by molar-refractivity contribution is 0.0919. The summed E-state index contributed by atoms with van der Waals surface area (Å²) in [5, 5.41) is 3.40. The summed E-state index contributed by atoms with van der Waals surface area (Å²) in [6.45, 7) is 2.05. The predicted molar refractivity (Wildman–Crippen MR) is 103 cm³/mol. The number of halogens is 1. The fourth-order valence-electron chi connectivity index (χ4n) is 3.63. The van der Waals surface area contributed by atoms with Crippen LogP contribution in [0.2, 0.25) is 0 Å². The van der Waals surface area contributed by atoms with E-state index in [1.54, 1.807) is 4.57 Å². The van der Waals surface area contributed by atoms with E-state index in [-0.39, 0.29) is 5.91 Å². The van der Waals surface area contributed by atoms with Gasteiger partial charge < -0.3 is 5.32 Å². The van der Waals surface area contributed by atoms with Gasteiger partial charge in [-0.3, -0.25) is 14.3 Å². The van der Waals surface area contributed by atoms with Crippen molar-refractivity contribution in [3.63, 3.8) is 0 Å². The zero-order valence-corrected chi connectivity index (χ0v) is 15.5. The maximum atomic E-state index is 12.9. The van der Waals surface area contributed by atoms with E-state index in [1.807, 2.05) is 48.8 Å². The molecular weight excluding hydrogens is 378 g/mol. The summed E-state index contributed by atoms with van der Waals surface area (Å²) in [5.74, 6) is 0.551. The number of rotatable bonds is 3. The smallest absolute Gasteiger partial charge is 0.235 e. The van der Waals surface area contributed by atoms with Gasteiger partial charge in [-0.15, -0.1) is 0 Å². The highest BCUT2D eigenvalue weighted by atomic mass is 79.9. The first-order chi connectivity index (χ1) is 12.2. The van der Waals surface area contributed by atoms with Crippen LogP contribution >= 0.6 is 15.9 Å². The third kappa shape index (κ3) is 3.39. The van der Waals surface area contributed by atoms with Gasteiger partial charge in [-0.25, -0.2) is 0 Å². The van der Waals surface area contributed by atoms with Crippen LogP contribution in [-0.4, -0.2) is 28.5 Å². The van der Waals surface area contributed by atoms with E-state index in [9.17, 15) is 4.79 Å². The number of carbonyl (C=O) groups is 1. The number of hydrogen-bond donors (Lipinski definition) is 1. The van der Waals surface area contributed by atoms with Gasteiger partial charge in [0.2, 0.25) is 5.91 Å². The molecule has 1 N–H and O–H groups in total. The molecule has 3 aromatic rings. The largest absolute Gasteiger partial charge is 0.317 e. The molecule has 128 valence electrons. The van der Waals surface area contributed by atoms with Crippen molar-refractivity contribution in [3.8, 4) is 0 Å². The SMILES string of the molecule is O=C(Cc1cccc(Br)c1)n1cc(C2CCNCC2)c2ncccc21. The molecule has 0 radical (unpaired) electrons. The quantitative estimate of drug-likeness (QED) is 0.721. The van der Waals surface area contributed by atoms with Gasteiger partial charge in [0.1, 0.15) is 0 Å². The minimum Gasteiger partial charge on any atom is -0.317 e. The van der Waals surface area contributed by atoms with Gasteiger partial charge in [0.05, 0.1) is 17.5 Å². The first-order valence-electron chi connectivity index (χ1n) is 8.67. The van der Waals surface area contributed by atoms with Crippen LogP contribution in [0.25, 0.3) is 11.0 Å². The lowest BCUT2D eigenvalue weighted by atomic mass is 9.91. The molecule has 0 unspecified atom stereocenters. The van der Waals surface area contributed by atoms with Gasteiger partial charge in [-0.2, -0.15) is 0 Å². The number of fused-ring (bicyclic) bond motifs is 1. The third-order valence-corrected chi connectivity index (χ3v) is 5.37. The average molecular weight is 398 g/mol. The molecule has 1 saturated heterocycles. The normalized spacial score (nSPS) is 15.6. The number of aromatic nitrogens is 2. The summed E-state index contributed by atoms with van der Waals surface area (Å²) in [4.78, 5) is 17.5. The molecule has 0 bridgehead atoms. The van der Waals surface area contributed by atoms with Crippen molar-refractivity contribution in [2.45, 2.75) is 25.2 Å². The molecule has 5 heteroatoms. The number of hydrogen-bond acceptors (Lipinski definition) is 3. The standard InChI is InChI=1S/C20H20BrN3O/c21-16-4-1-3-14(11-16)12-19(25)24-13-17(15-6-9-22-10-7-15)20-18(24)5-2-8-23-20/h1-5,8,11,13,15,22H,6-7,9-10,12H2. The first kappa shape index (κ1) is 16.5. The topological polar surface area (TPSA) is 46.9 Å². The molecule has 2 aromatic heterocycles. The van der Waals surface area contributed by atoms with Crippen molar-refractivity contribution in [1.82, 2.24) is 14.9 Å². The van der Waals surface area contributed by atoms with Gasteiger partial charge in [-0.05, 0) is 67.2 Å². The monoisotopic (exact) mass is 397 g/mol. The van der Waals surface area contributed by atoms with Crippen LogP contribution in [0.4, 0.5) is 0 Å². The minimum absolute atomic E-state index is 0.0799. The molecular formula is C20H20BrN3O. The van der Waals surface area contributed by atoms with Gasteiger partial charge in [0, 0.05) is 16.9 Å². The average Bonchev–Trinajstić information content (AvgIpc) is 3.02. The van der Waals surface area contributed by atoms with Crippen LogP contribution in [-0.2, 0) is 6.42 Å². The summed E-state index contributed by atoms with van der Waals surface area (Å²) in [7, 11) is 0. The van der Waals surface area contributed by atoms with Crippen LogP contribution in [0, 0.1) is 0 Å². The van der Waals surface area contributed by atoms with E-state index in [1.165, 1.54) is 5.56 Å². The number of nitrogens with zero attached hydrogens (tertiary/aromatic N) is 2. The maximum Gasteiger partial charge on any atom is 0.235 e. The third-order valence-electron chi connectivity index (χ3n) is 4.88. The van der Waals surface area contributed by atoms with Gasteiger partial charge in [0.25, 0.3) is 0 Å². The van der Waals surface area contributed by atoms with Crippen LogP contribution in [0.1, 0.15) is 34.7 Å². The van der Waals surface area contributed by atoms with Gasteiger partial charge in [0.15, 0.2) is 0 Å². The second-order valence-corrected chi connectivity index (χ2v) is 7.47. The maximum absolute atomic E-state index is 12.9. The summed E-state index contributed by atoms with van der Waals surface area (Å²) in [5.41, 5.74) is 4.10. The van der Waals surface area contributed by atoms with E-state index in [4.69, 9.17) is 0 Å². The zero-order chi connectivity index (χ0) is 17.2. The Morgan fingerprint density at radius 1 is 1.24 bits per heavy atom. The van der Waals surface area contributed by atoms with Crippen molar-refractivity contribution in [3.05, 3.63) is 64.4 Å². The highest BCUT2D eigenvalue weighted by molar-refractivity contribution is 9.10. The van der Waals surface area contributed by atoms with Gasteiger partial charge >= 0.3 is 0 Å². The molecule has 25 heavy (non-hydrogen) atoms. The summed E-state index contributed by atoms with van der Waals surface area (Å²) in [6.07, 6.45) is 6.40. The Morgan fingerprint density at radius 2 is 2.08 bits per heavy atom. The number of pyridine rings is 1. The fourth-order valence-corrected chi connectivity index (χ4v) is 4.07. The Hall–Kier alpha value is -1.98. The molecule has 4 nitrogen and oxygen atoms in total. The second-order valence-electron chi connectivity index (χ2n) is 6.55. The molecule has 0 atom stereocenters. The molecule has 0 amide bonds. The Labute approximate surface area is 155 Å². The van der Waals surface area contributed by atoms with Crippen molar-refractivity contribution in [1.29, 1.82) is 0 Å². The predicted octanol–water partition coefficient (Wildman–Crippen LogP) is 4.15. The molecule has 0 saturated carbocycles. The molecule has 0 aliphatic carbocycles. The van der Waals surface area contributed by atoms with Crippen molar-refractivity contribution in [2.75, 3.05) is 13.1 Å². The minimum atomic E-state index is 0.0799. The first-order valence-corrected chi connectivity index (χ1v) is 9.46.